The second kappa shape index (κ2) is 6.54. The van der Waals surface area contributed by atoms with Crippen LogP contribution in [-0.2, 0) is 0 Å². The number of rotatable bonds is 2. The quantitative estimate of drug-likeness (QED) is 0.849. The van der Waals surface area contributed by atoms with Crippen LogP contribution in [0.5, 0.6) is 0 Å². The number of para-hydroxylation sites is 1. The molecule has 1 aliphatic heterocycles. The summed E-state index contributed by atoms with van der Waals surface area (Å²) in [4.78, 5) is 12.9. The maximum atomic E-state index is 13.5. The number of amides is 2. The summed E-state index contributed by atoms with van der Waals surface area (Å²) in [6, 6.07) is 6.58. The van der Waals surface area contributed by atoms with Crippen molar-refractivity contribution in [2.45, 2.75) is 17.4 Å². The first-order chi connectivity index (χ1) is 11.0. The van der Waals surface area contributed by atoms with Gasteiger partial charge in [-0.05, 0) is 42.3 Å². The Morgan fingerprint density at radius 3 is 2.61 bits per heavy atom. The third kappa shape index (κ3) is 3.44. The highest BCUT2D eigenvalue weighted by Gasteiger charge is 2.23. The Hall–Kier alpha value is -2.15. The van der Waals surface area contributed by atoms with Crippen LogP contribution < -0.4 is 10.6 Å². The van der Waals surface area contributed by atoms with Gasteiger partial charge in [0, 0.05) is 10.6 Å². The lowest BCUT2D eigenvalue weighted by Crippen LogP contribution is -2.34. The van der Waals surface area contributed by atoms with Gasteiger partial charge in [-0.3, -0.25) is 0 Å². The minimum atomic E-state index is -0.856. The number of carbonyl (C=O) groups excluding carboxylic acids is 1. The normalized spacial score (nSPS) is 16.6. The van der Waals surface area contributed by atoms with Crippen LogP contribution in [-0.4, -0.2) is 11.8 Å². The Labute approximate surface area is 135 Å². The van der Waals surface area contributed by atoms with Crippen molar-refractivity contribution in [3.63, 3.8) is 0 Å². The average molecular weight is 338 g/mol. The summed E-state index contributed by atoms with van der Waals surface area (Å²) < 4.78 is 40.5. The molecule has 2 amide bonds. The van der Waals surface area contributed by atoms with Gasteiger partial charge in [-0.15, -0.1) is 11.8 Å². The van der Waals surface area contributed by atoms with E-state index >= 15 is 0 Å². The molecule has 1 aliphatic rings. The molecule has 0 radical (unpaired) electrons. The van der Waals surface area contributed by atoms with Gasteiger partial charge in [0.25, 0.3) is 0 Å². The van der Waals surface area contributed by atoms with Gasteiger partial charge in [0.1, 0.15) is 23.1 Å². The number of carbonyl (C=O) groups is 1. The van der Waals surface area contributed by atoms with Crippen LogP contribution in [0.1, 0.15) is 18.0 Å². The summed E-state index contributed by atoms with van der Waals surface area (Å²) in [5.74, 6) is -1.34. The molecule has 0 aromatic heterocycles. The van der Waals surface area contributed by atoms with E-state index in [1.165, 1.54) is 18.2 Å². The van der Waals surface area contributed by atoms with Gasteiger partial charge < -0.3 is 10.6 Å². The van der Waals surface area contributed by atoms with E-state index in [9.17, 15) is 18.0 Å². The van der Waals surface area contributed by atoms with Crippen molar-refractivity contribution in [1.29, 1.82) is 0 Å². The molecule has 2 aromatic rings. The van der Waals surface area contributed by atoms with Gasteiger partial charge in [-0.1, -0.05) is 6.07 Å². The molecule has 3 rings (SSSR count). The summed E-state index contributed by atoms with van der Waals surface area (Å²) in [6.45, 7) is 0. The highest BCUT2D eigenvalue weighted by atomic mass is 32.2. The number of nitrogens with one attached hydrogen (secondary N) is 2. The number of anilines is 1. The minimum absolute atomic E-state index is 0.390. The molecule has 2 aromatic carbocycles. The summed E-state index contributed by atoms with van der Waals surface area (Å²) in [5, 5.41) is 4.81. The van der Waals surface area contributed by atoms with Gasteiger partial charge in [-0.25, -0.2) is 18.0 Å². The molecule has 0 fully saturated rings. The molecule has 0 saturated heterocycles. The van der Waals surface area contributed by atoms with E-state index < -0.39 is 35.2 Å². The molecule has 0 bridgehead atoms. The standard InChI is InChI=1S/C16H13F3N2OS/c17-9-4-5-14-10(8-9)13(6-7-23-14)20-16(22)21-15-11(18)2-1-3-12(15)19/h1-5,8,13H,6-7H2,(H2,20,21,22). The molecule has 0 saturated carbocycles. The summed E-state index contributed by atoms with van der Waals surface area (Å²) in [7, 11) is 0. The third-order valence-corrected chi connectivity index (χ3v) is 4.64. The molecule has 2 N–H and O–H groups in total. The van der Waals surface area contributed by atoms with Crippen molar-refractivity contribution in [3.8, 4) is 0 Å². The summed E-state index contributed by atoms with van der Waals surface area (Å²) in [5.41, 5.74) is 0.167. The number of hydrogen-bond acceptors (Lipinski definition) is 2. The van der Waals surface area contributed by atoms with E-state index in [2.05, 4.69) is 10.6 Å². The van der Waals surface area contributed by atoms with Crippen LogP contribution in [0.4, 0.5) is 23.7 Å². The van der Waals surface area contributed by atoms with E-state index in [0.717, 1.165) is 22.8 Å². The van der Waals surface area contributed by atoms with Gasteiger partial charge >= 0.3 is 6.03 Å². The Morgan fingerprint density at radius 1 is 1.13 bits per heavy atom. The molecule has 3 nitrogen and oxygen atoms in total. The molecule has 1 unspecified atom stereocenters. The summed E-state index contributed by atoms with van der Waals surface area (Å²) in [6.07, 6.45) is 0.605. The lowest BCUT2D eigenvalue weighted by molar-refractivity contribution is 0.247. The summed E-state index contributed by atoms with van der Waals surface area (Å²) >= 11 is 1.58. The molecule has 23 heavy (non-hydrogen) atoms. The molecular weight excluding hydrogens is 325 g/mol. The number of hydrogen-bond donors (Lipinski definition) is 2. The first-order valence-electron chi connectivity index (χ1n) is 6.98. The fourth-order valence-corrected chi connectivity index (χ4v) is 3.55. The SMILES string of the molecule is O=C(Nc1c(F)cccc1F)NC1CCSc2ccc(F)cc21. The van der Waals surface area contributed by atoms with E-state index in [1.807, 2.05) is 0 Å². The zero-order chi connectivity index (χ0) is 16.4. The smallest absolute Gasteiger partial charge is 0.319 e. The fourth-order valence-electron chi connectivity index (χ4n) is 2.44. The molecule has 120 valence electrons. The second-order valence-electron chi connectivity index (χ2n) is 5.07. The molecule has 0 aliphatic carbocycles. The second-order valence-corrected chi connectivity index (χ2v) is 6.20. The van der Waals surface area contributed by atoms with Crippen molar-refractivity contribution < 1.29 is 18.0 Å². The number of fused-ring (bicyclic) bond motifs is 1. The largest absolute Gasteiger partial charge is 0.331 e. The van der Waals surface area contributed by atoms with E-state index in [4.69, 9.17) is 0 Å². The zero-order valence-electron chi connectivity index (χ0n) is 11.9. The van der Waals surface area contributed by atoms with Crippen molar-refractivity contribution >= 4 is 23.5 Å². The van der Waals surface area contributed by atoms with Crippen LogP contribution in [0, 0.1) is 17.5 Å². The molecule has 1 heterocycles. The van der Waals surface area contributed by atoms with E-state index in [-0.39, 0.29) is 0 Å². The maximum Gasteiger partial charge on any atom is 0.319 e. The van der Waals surface area contributed by atoms with E-state index in [1.54, 1.807) is 17.8 Å². The highest BCUT2D eigenvalue weighted by Crippen LogP contribution is 2.36. The number of urea groups is 1. The molecule has 0 spiro atoms. The van der Waals surface area contributed by atoms with E-state index in [0.29, 0.717) is 12.0 Å². The van der Waals surface area contributed by atoms with Crippen LogP contribution in [0.25, 0.3) is 0 Å². The Kier molecular flexibility index (Phi) is 4.47. The first-order valence-corrected chi connectivity index (χ1v) is 7.97. The average Bonchev–Trinajstić information content (AvgIpc) is 2.52. The van der Waals surface area contributed by atoms with Gasteiger partial charge in [0.15, 0.2) is 0 Å². The Balaban J connectivity index is 1.76. The lowest BCUT2D eigenvalue weighted by atomic mass is 10.0. The Bertz CT molecular complexity index is 734. The van der Waals surface area contributed by atoms with Crippen LogP contribution in [0.3, 0.4) is 0 Å². The van der Waals surface area contributed by atoms with Gasteiger partial charge in [0.2, 0.25) is 0 Å². The fraction of sp³-hybridized carbons (Fsp3) is 0.188. The van der Waals surface area contributed by atoms with Crippen LogP contribution in [0.2, 0.25) is 0 Å². The van der Waals surface area contributed by atoms with Crippen molar-refractivity contribution in [1.82, 2.24) is 5.32 Å². The van der Waals surface area contributed by atoms with Gasteiger partial charge in [0.05, 0.1) is 6.04 Å². The predicted octanol–water partition coefficient (Wildman–Crippen LogP) is 4.46. The minimum Gasteiger partial charge on any atom is -0.331 e. The van der Waals surface area contributed by atoms with Crippen molar-refractivity contribution in [2.75, 3.05) is 11.1 Å². The van der Waals surface area contributed by atoms with Crippen molar-refractivity contribution in [3.05, 3.63) is 59.4 Å². The van der Waals surface area contributed by atoms with Crippen molar-refractivity contribution in [2.24, 2.45) is 0 Å². The topological polar surface area (TPSA) is 41.1 Å². The highest BCUT2D eigenvalue weighted by molar-refractivity contribution is 7.99. The number of benzene rings is 2. The molecule has 1 atom stereocenters. The predicted molar refractivity (Wildman–Crippen MR) is 83.0 cm³/mol. The van der Waals surface area contributed by atoms with Crippen LogP contribution in [0.15, 0.2) is 41.3 Å². The van der Waals surface area contributed by atoms with Gasteiger partial charge in [-0.2, -0.15) is 0 Å². The number of thioether (sulfide) groups is 1. The Morgan fingerprint density at radius 2 is 1.87 bits per heavy atom. The lowest BCUT2D eigenvalue weighted by Gasteiger charge is -2.26. The third-order valence-electron chi connectivity index (χ3n) is 3.52. The maximum absolute atomic E-state index is 13.5. The zero-order valence-corrected chi connectivity index (χ0v) is 12.7. The first kappa shape index (κ1) is 15.7. The molecular formula is C16H13F3N2OS. The molecule has 7 heteroatoms. The number of halogens is 3. The monoisotopic (exact) mass is 338 g/mol. The van der Waals surface area contributed by atoms with Crippen LogP contribution >= 0.6 is 11.8 Å².